The Bertz CT molecular complexity index is 778. The fourth-order valence-corrected chi connectivity index (χ4v) is 2.09. The summed E-state index contributed by atoms with van der Waals surface area (Å²) in [6, 6.07) is 11.3. The van der Waals surface area contributed by atoms with Crippen LogP contribution in [-0.2, 0) is 11.2 Å². The highest BCUT2D eigenvalue weighted by atomic mass is 19.1. The highest BCUT2D eigenvalue weighted by Gasteiger charge is 2.07. The third kappa shape index (κ3) is 2.38. The zero-order chi connectivity index (χ0) is 14.1. The number of benzene rings is 2. The molecule has 0 saturated heterocycles. The van der Waals surface area contributed by atoms with Crippen molar-refractivity contribution in [2.75, 3.05) is 0 Å². The van der Waals surface area contributed by atoms with Gasteiger partial charge in [0, 0.05) is 5.56 Å². The molecule has 3 aromatic rings. The first-order chi connectivity index (χ1) is 9.61. The van der Waals surface area contributed by atoms with Gasteiger partial charge >= 0.3 is 5.97 Å². The van der Waals surface area contributed by atoms with Gasteiger partial charge in [-0.15, -0.1) is 0 Å². The van der Waals surface area contributed by atoms with Crippen molar-refractivity contribution < 1.29 is 14.3 Å². The largest absolute Gasteiger partial charge is 0.481 e. The lowest BCUT2D eigenvalue weighted by molar-refractivity contribution is -0.136. The lowest BCUT2D eigenvalue weighted by atomic mass is 10.1. The number of H-pyrrole nitrogens is 1. The first-order valence-electron chi connectivity index (χ1n) is 6.08. The van der Waals surface area contributed by atoms with Crippen molar-refractivity contribution in [1.82, 2.24) is 9.97 Å². The maximum absolute atomic E-state index is 12.9. The Hall–Kier alpha value is -2.69. The molecule has 0 amide bonds. The summed E-state index contributed by atoms with van der Waals surface area (Å²) in [4.78, 5) is 18.2. The fourth-order valence-electron chi connectivity index (χ4n) is 2.09. The maximum atomic E-state index is 12.9. The summed E-state index contributed by atoms with van der Waals surface area (Å²) in [6.45, 7) is 0. The second-order valence-corrected chi connectivity index (χ2v) is 4.51. The van der Waals surface area contributed by atoms with Crippen molar-refractivity contribution in [2.45, 2.75) is 6.42 Å². The number of halogens is 1. The molecule has 1 heterocycles. The average Bonchev–Trinajstić information content (AvgIpc) is 2.81. The zero-order valence-corrected chi connectivity index (χ0v) is 10.4. The number of rotatable bonds is 3. The second-order valence-electron chi connectivity index (χ2n) is 4.51. The Labute approximate surface area is 113 Å². The van der Waals surface area contributed by atoms with Gasteiger partial charge in [0.1, 0.15) is 11.6 Å². The Morgan fingerprint density at radius 1 is 1.20 bits per heavy atom. The normalized spacial score (nSPS) is 10.8. The molecule has 20 heavy (non-hydrogen) atoms. The van der Waals surface area contributed by atoms with E-state index in [1.165, 1.54) is 12.1 Å². The summed E-state index contributed by atoms with van der Waals surface area (Å²) >= 11 is 0. The van der Waals surface area contributed by atoms with E-state index in [0.717, 1.165) is 16.6 Å². The summed E-state index contributed by atoms with van der Waals surface area (Å²) in [5.74, 6) is -0.538. The molecule has 0 spiro atoms. The highest BCUT2D eigenvalue weighted by molar-refractivity contribution is 5.81. The van der Waals surface area contributed by atoms with E-state index in [1.54, 1.807) is 30.3 Å². The van der Waals surface area contributed by atoms with Gasteiger partial charge in [-0.2, -0.15) is 0 Å². The lowest BCUT2D eigenvalue weighted by Gasteiger charge is -1.96. The average molecular weight is 270 g/mol. The molecule has 0 aliphatic heterocycles. The number of fused-ring (bicyclic) bond motifs is 1. The molecule has 5 heteroatoms. The third-order valence-corrected chi connectivity index (χ3v) is 3.02. The summed E-state index contributed by atoms with van der Waals surface area (Å²) < 4.78 is 12.9. The minimum atomic E-state index is -0.873. The predicted octanol–water partition coefficient (Wildman–Crippen LogP) is 3.00. The number of hydrogen-bond acceptors (Lipinski definition) is 2. The van der Waals surface area contributed by atoms with E-state index in [1.807, 2.05) is 0 Å². The van der Waals surface area contributed by atoms with Gasteiger partial charge in [0.2, 0.25) is 0 Å². The number of aromatic nitrogens is 2. The monoisotopic (exact) mass is 270 g/mol. The number of nitrogens with zero attached hydrogens (tertiary/aromatic N) is 1. The quantitative estimate of drug-likeness (QED) is 0.768. The van der Waals surface area contributed by atoms with Crippen molar-refractivity contribution in [2.24, 2.45) is 0 Å². The van der Waals surface area contributed by atoms with Gasteiger partial charge in [-0.3, -0.25) is 4.79 Å². The first-order valence-corrected chi connectivity index (χ1v) is 6.08. The number of aromatic amines is 1. The van der Waals surface area contributed by atoms with E-state index >= 15 is 0 Å². The molecule has 2 N–H and O–H groups in total. The Morgan fingerprint density at radius 2 is 1.95 bits per heavy atom. The molecule has 4 nitrogen and oxygen atoms in total. The predicted molar refractivity (Wildman–Crippen MR) is 72.8 cm³/mol. The van der Waals surface area contributed by atoms with E-state index in [-0.39, 0.29) is 12.2 Å². The molecule has 0 fully saturated rings. The molecule has 0 radical (unpaired) electrons. The van der Waals surface area contributed by atoms with Crippen LogP contribution in [0.2, 0.25) is 0 Å². The molecular weight excluding hydrogens is 259 g/mol. The van der Waals surface area contributed by atoms with Crippen LogP contribution in [0.4, 0.5) is 4.39 Å². The van der Waals surface area contributed by atoms with Gasteiger partial charge in [0.25, 0.3) is 0 Å². The number of carboxylic acid groups (broad SMARTS) is 1. The minimum absolute atomic E-state index is 0.0269. The molecule has 0 saturated carbocycles. The maximum Gasteiger partial charge on any atom is 0.307 e. The Balaban J connectivity index is 2.01. The van der Waals surface area contributed by atoms with Gasteiger partial charge in [0.05, 0.1) is 17.5 Å². The van der Waals surface area contributed by atoms with Gasteiger partial charge in [-0.1, -0.05) is 6.07 Å². The number of carbonyl (C=O) groups is 1. The van der Waals surface area contributed by atoms with E-state index in [9.17, 15) is 9.18 Å². The summed E-state index contributed by atoms with van der Waals surface area (Å²) in [6.07, 6.45) is -0.0269. The van der Waals surface area contributed by atoms with Crippen LogP contribution < -0.4 is 0 Å². The smallest absolute Gasteiger partial charge is 0.307 e. The molecule has 0 unspecified atom stereocenters. The van der Waals surface area contributed by atoms with Gasteiger partial charge in [-0.25, -0.2) is 9.37 Å². The topological polar surface area (TPSA) is 66.0 Å². The number of imidazole rings is 1. The van der Waals surface area contributed by atoms with Crippen LogP contribution in [0.5, 0.6) is 0 Å². The second kappa shape index (κ2) is 4.77. The Morgan fingerprint density at radius 3 is 2.65 bits per heavy atom. The van der Waals surface area contributed by atoms with Crippen LogP contribution in [0.15, 0.2) is 42.5 Å². The molecule has 1 aromatic heterocycles. The van der Waals surface area contributed by atoms with Gasteiger partial charge in [0.15, 0.2) is 0 Å². The van der Waals surface area contributed by atoms with E-state index in [4.69, 9.17) is 5.11 Å². The Kier molecular flexibility index (Phi) is 2.95. The van der Waals surface area contributed by atoms with Crippen LogP contribution in [0.25, 0.3) is 22.4 Å². The first kappa shape index (κ1) is 12.3. The molecule has 3 rings (SSSR count). The molecule has 0 aliphatic carbocycles. The summed E-state index contributed by atoms with van der Waals surface area (Å²) in [7, 11) is 0. The van der Waals surface area contributed by atoms with Crippen LogP contribution in [0.3, 0.4) is 0 Å². The fraction of sp³-hybridized carbons (Fsp3) is 0.0667. The highest BCUT2D eigenvalue weighted by Crippen LogP contribution is 2.21. The van der Waals surface area contributed by atoms with Crippen LogP contribution in [0, 0.1) is 5.82 Å². The SMILES string of the molecule is O=C(O)Cc1ccc2nc(-c3ccc(F)cc3)[nH]c2c1. The third-order valence-electron chi connectivity index (χ3n) is 3.02. The molecule has 0 bridgehead atoms. The molecule has 100 valence electrons. The lowest BCUT2D eigenvalue weighted by Crippen LogP contribution is -1.99. The van der Waals surface area contributed by atoms with Crippen molar-refractivity contribution in [3.63, 3.8) is 0 Å². The van der Waals surface area contributed by atoms with Crippen molar-refractivity contribution in [1.29, 1.82) is 0 Å². The van der Waals surface area contributed by atoms with Crippen LogP contribution in [0.1, 0.15) is 5.56 Å². The minimum Gasteiger partial charge on any atom is -0.481 e. The standard InChI is InChI=1S/C15H11FN2O2/c16-11-4-2-10(3-5-11)15-17-12-6-1-9(8-14(19)20)7-13(12)18-15/h1-7H,8H2,(H,17,18)(H,19,20). The molecule has 0 aliphatic rings. The van der Waals surface area contributed by atoms with E-state index in [0.29, 0.717) is 11.4 Å². The molecular formula is C15H11FN2O2. The number of hydrogen-bond donors (Lipinski definition) is 2. The number of nitrogens with one attached hydrogen (secondary N) is 1. The van der Waals surface area contributed by atoms with Gasteiger partial charge < -0.3 is 10.1 Å². The van der Waals surface area contributed by atoms with Crippen molar-refractivity contribution in [3.8, 4) is 11.4 Å². The van der Waals surface area contributed by atoms with Crippen molar-refractivity contribution >= 4 is 17.0 Å². The zero-order valence-electron chi connectivity index (χ0n) is 10.4. The van der Waals surface area contributed by atoms with Crippen LogP contribution >= 0.6 is 0 Å². The van der Waals surface area contributed by atoms with Crippen molar-refractivity contribution in [3.05, 3.63) is 53.8 Å². The van der Waals surface area contributed by atoms with E-state index < -0.39 is 5.97 Å². The van der Waals surface area contributed by atoms with E-state index in [2.05, 4.69) is 9.97 Å². The molecule has 2 aromatic carbocycles. The van der Waals surface area contributed by atoms with Gasteiger partial charge in [-0.05, 0) is 42.0 Å². The van der Waals surface area contributed by atoms with Crippen LogP contribution in [-0.4, -0.2) is 21.0 Å². The molecule has 0 atom stereocenters. The number of aliphatic carboxylic acids is 1. The summed E-state index contributed by atoms with van der Waals surface area (Å²) in [5.41, 5.74) is 3.00. The summed E-state index contributed by atoms with van der Waals surface area (Å²) in [5, 5.41) is 8.79. The number of carboxylic acids is 1.